The van der Waals surface area contributed by atoms with Gasteiger partial charge >= 0.3 is 0 Å². The second kappa shape index (κ2) is 4.27. The minimum Gasteiger partial charge on any atom is -0.456 e. The Morgan fingerprint density at radius 1 is 1.60 bits per heavy atom. The summed E-state index contributed by atoms with van der Waals surface area (Å²) in [5.41, 5.74) is 0. The maximum absolute atomic E-state index is 10.9. The topological polar surface area (TPSA) is 68.5 Å². The first-order valence-corrected chi connectivity index (χ1v) is 4.73. The van der Waals surface area contributed by atoms with E-state index in [1.165, 1.54) is 0 Å². The van der Waals surface area contributed by atoms with E-state index in [-0.39, 0.29) is 24.5 Å². The van der Waals surface area contributed by atoms with Crippen LogP contribution in [-0.4, -0.2) is 18.4 Å². The summed E-state index contributed by atoms with van der Waals surface area (Å²) in [4.78, 5) is 21.2. The Bertz CT molecular complexity index is 371. The van der Waals surface area contributed by atoms with Gasteiger partial charge in [-0.05, 0) is 12.1 Å². The molecule has 0 saturated carbocycles. The van der Waals surface area contributed by atoms with Crippen molar-refractivity contribution in [3.05, 3.63) is 23.7 Å². The van der Waals surface area contributed by atoms with E-state index in [1.807, 2.05) is 0 Å². The minimum atomic E-state index is -0.234. The monoisotopic (exact) mass is 209 g/mol. The van der Waals surface area contributed by atoms with Crippen LogP contribution in [0.15, 0.2) is 16.5 Å². The zero-order chi connectivity index (χ0) is 10.7. The highest BCUT2D eigenvalue weighted by atomic mass is 16.5. The first-order chi connectivity index (χ1) is 7.28. The SMILES string of the molecule is O=Cc1ccc(CO[C@@H]2CCC(=O)N2)o1. The van der Waals surface area contributed by atoms with Crippen molar-refractivity contribution in [2.24, 2.45) is 0 Å². The summed E-state index contributed by atoms with van der Waals surface area (Å²) < 4.78 is 10.5. The average molecular weight is 209 g/mol. The van der Waals surface area contributed by atoms with Crippen molar-refractivity contribution in [2.75, 3.05) is 0 Å². The number of carbonyl (C=O) groups excluding carboxylic acids is 2. The van der Waals surface area contributed by atoms with E-state index < -0.39 is 0 Å². The van der Waals surface area contributed by atoms with Crippen molar-refractivity contribution < 1.29 is 18.7 Å². The molecule has 0 unspecified atom stereocenters. The standard InChI is InChI=1S/C10H11NO4/c12-5-7-1-2-8(15-7)6-14-10-4-3-9(13)11-10/h1-2,5,10H,3-4,6H2,(H,11,13)/t10-/m1/s1. The number of hydrogen-bond acceptors (Lipinski definition) is 4. The molecule has 1 fully saturated rings. The molecule has 1 aliphatic rings. The number of rotatable bonds is 4. The van der Waals surface area contributed by atoms with E-state index in [2.05, 4.69) is 5.32 Å². The average Bonchev–Trinajstić information content (AvgIpc) is 2.83. The third-order valence-electron chi connectivity index (χ3n) is 2.18. The van der Waals surface area contributed by atoms with Crippen molar-refractivity contribution in [3.63, 3.8) is 0 Å². The van der Waals surface area contributed by atoms with Crippen LogP contribution in [0.25, 0.3) is 0 Å². The molecule has 0 radical (unpaired) electrons. The van der Waals surface area contributed by atoms with Crippen molar-refractivity contribution >= 4 is 12.2 Å². The summed E-state index contributed by atoms with van der Waals surface area (Å²) in [6, 6.07) is 3.26. The fourth-order valence-corrected chi connectivity index (χ4v) is 1.43. The molecule has 2 rings (SSSR count). The molecule has 1 aromatic rings. The number of nitrogens with one attached hydrogen (secondary N) is 1. The van der Waals surface area contributed by atoms with Crippen LogP contribution >= 0.6 is 0 Å². The number of aldehydes is 1. The summed E-state index contributed by atoms with van der Waals surface area (Å²) in [7, 11) is 0. The van der Waals surface area contributed by atoms with E-state index in [1.54, 1.807) is 12.1 Å². The van der Waals surface area contributed by atoms with E-state index in [0.717, 1.165) is 0 Å². The van der Waals surface area contributed by atoms with Gasteiger partial charge in [-0.15, -0.1) is 0 Å². The Labute approximate surface area is 86.4 Å². The number of hydrogen-bond donors (Lipinski definition) is 1. The lowest BCUT2D eigenvalue weighted by Crippen LogP contribution is -2.27. The Balaban J connectivity index is 1.82. The lowest BCUT2D eigenvalue weighted by Gasteiger charge is -2.09. The molecule has 80 valence electrons. The van der Waals surface area contributed by atoms with E-state index in [9.17, 15) is 9.59 Å². The Hall–Kier alpha value is -1.62. The molecule has 5 nitrogen and oxygen atoms in total. The minimum absolute atomic E-state index is 0.00743. The molecule has 5 heteroatoms. The van der Waals surface area contributed by atoms with E-state index in [4.69, 9.17) is 9.15 Å². The fraction of sp³-hybridized carbons (Fsp3) is 0.400. The largest absolute Gasteiger partial charge is 0.456 e. The van der Waals surface area contributed by atoms with Gasteiger partial charge in [0.25, 0.3) is 0 Å². The highest BCUT2D eigenvalue weighted by molar-refractivity contribution is 5.78. The Morgan fingerprint density at radius 2 is 2.47 bits per heavy atom. The quantitative estimate of drug-likeness (QED) is 0.746. The van der Waals surface area contributed by atoms with Crippen LogP contribution in [0, 0.1) is 0 Å². The number of furan rings is 1. The van der Waals surface area contributed by atoms with Crippen LogP contribution in [0.3, 0.4) is 0 Å². The smallest absolute Gasteiger partial charge is 0.222 e. The molecule has 0 aliphatic carbocycles. The molecule has 1 aromatic heterocycles. The Morgan fingerprint density at radius 3 is 3.07 bits per heavy atom. The van der Waals surface area contributed by atoms with Gasteiger partial charge in [-0.1, -0.05) is 0 Å². The van der Waals surface area contributed by atoms with Crippen molar-refractivity contribution in [1.29, 1.82) is 0 Å². The van der Waals surface area contributed by atoms with Crippen LogP contribution in [0.1, 0.15) is 29.2 Å². The van der Waals surface area contributed by atoms with Crippen LogP contribution in [-0.2, 0) is 16.1 Å². The first-order valence-electron chi connectivity index (χ1n) is 4.73. The van der Waals surface area contributed by atoms with Crippen LogP contribution in [0.2, 0.25) is 0 Å². The van der Waals surface area contributed by atoms with E-state index in [0.29, 0.717) is 24.9 Å². The lowest BCUT2D eigenvalue weighted by atomic mass is 10.3. The lowest BCUT2D eigenvalue weighted by molar-refractivity contribution is -0.121. The normalized spacial score (nSPS) is 20.3. The Kier molecular flexibility index (Phi) is 2.82. The van der Waals surface area contributed by atoms with E-state index >= 15 is 0 Å². The van der Waals surface area contributed by atoms with Crippen LogP contribution in [0.5, 0.6) is 0 Å². The summed E-state index contributed by atoms with van der Waals surface area (Å²) in [5, 5.41) is 2.67. The van der Waals surface area contributed by atoms with Crippen LogP contribution < -0.4 is 5.32 Å². The predicted molar refractivity (Wildman–Crippen MR) is 50.0 cm³/mol. The van der Waals surface area contributed by atoms with Gasteiger partial charge in [-0.3, -0.25) is 9.59 Å². The molecule has 1 saturated heterocycles. The van der Waals surface area contributed by atoms with Crippen LogP contribution in [0.4, 0.5) is 0 Å². The van der Waals surface area contributed by atoms with Crippen molar-refractivity contribution in [2.45, 2.75) is 25.7 Å². The molecule has 0 bridgehead atoms. The molecule has 1 N–H and O–H groups in total. The van der Waals surface area contributed by atoms with Gasteiger partial charge in [0.15, 0.2) is 12.0 Å². The molecule has 1 aliphatic heterocycles. The summed E-state index contributed by atoms with van der Waals surface area (Å²) in [6.07, 6.45) is 1.59. The summed E-state index contributed by atoms with van der Waals surface area (Å²) >= 11 is 0. The maximum atomic E-state index is 10.9. The van der Waals surface area contributed by atoms with Crippen molar-refractivity contribution in [1.82, 2.24) is 5.32 Å². The first kappa shape index (κ1) is 9.92. The van der Waals surface area contributed by atoms with Gasteiger partial charge in [0, 0.05) is 12.8 Å². The van der Waals surface area contributed by atoms with Gasteiger partial charge in [-0.25, -0.2) is 0 Å². The second-order valence-electron chi connectivity index (χ2n) is 3.33. The molecular weight excluding hydrogens is 198 g/mol. The second-order valence-corrected chi connectivity index (χ2v) is 3.33. The highest BCUT2D eigenvalue weighted by Gasteiger charge is 2.21. The summed E-state index contributed by atoms with van der Waals surface area (Å²) in [5.74, 6) is 0.871. The van der Waals surface area contributed by atoms with Gasteiger partial charge < -0.3 is 14.5 Å². The maximum Gasteiger partial charge on any atom is 0.222 e. The molecular formula is C10H11NO4. The molecule has 1 amide bonds. The van der Waals surface area contributed by atoms with Gasteiger partial charge in [0.2, 0.25) is 5.91 Å². The number of carbonyl (C=O) groups is 2. The molecule has 15 heavy (non-hydrogen) atoms. The van der Waals surface area contributed by atoms with Gasteiger partial charge in [0.05, 0.1) is 0 Å². The number of amides is 1. The van der Waals surface area contributed by atoms with Gasteiger partial charge in [-0.2, -0.15) is 0 Å². The molecule has 1 atom stereocenters. The summed E-state index contributed by atoms with van der Waals surface area (Å²) in [6.45, 7) is 0.263. The van der Waals surface area contributed by atoms with Crippen molar-refractivity contribution in [3.8, 4) is 0 Å². The third-order valence-corrected chi connectivity index (χ3v) is 2.18. The zero-order valence-corrected chi connectivity index (χ0v) is 8.06. The number of ether oxygens (including phenoxy) is 1. The third kappa shape index (κ3) is 2.44. The molecule has 0 spiro atoms. The predicted octanol–water partition coefficient (Wildman–Crippen LogP) is 0.845. The molecule has 0 aromatic carbocycles. The zero-order valence-electron chi connectivity index (χ0n) is 8.06. The molecule has 2 heterocycles. The fourth-order valence-electron chi connectivity index (χ4n) is 1.43. The van der Waals surface area contributed by atoms with Gasteiger partial charge in [0.1, 0.15) is 18.6 Å². The highest BCUT2D eigenvalue weighted by Crippen LogP contribution is 2.12.